The molecule has 2 aromatic heterocycles. The standard InChI is InChI=1S/C18H17N7O3/c19-16(26)14-5-11-3-1-2-4-12(11)7-25(14)18(28)13-6-21-15(23-17(13)27)8-24-10-20-9-22-24/h1-4,6,9-10,14H,5,7-8H2,(H2,19,26)(H,21,23,27)/t14-/m1/s1. The van der Waals surface area contributed by atoms with Crippen molar-refractivity contribution in [2.24, 2.45) is 5.73 Å². The summed E-state index contributed by atoms with van der Waals surface area (Å²) in [4.78, 5) is 49.3. The molecule has 4 rings (SSSR count). The lowest BCUT2D eigenvalue weighted by Crippen LogP contribution is -2.52. The molecule has 2 amide bonds. The monoisotopic (exact) mass is 379 g/mol. The van der Waals surface area contributed by atoms with Gasteiger partial charge < -0.3 is 15.6 Å². The number of carbonyl (C=O) groups excluding carboxylic acids is 2. The molecule has 28 heavy (non-hydrogen) atoms. The van der Waals surface area contributed by atoms with Gasteiger partial charge in [-0.05, 0) is 11.1 Å². The summed E-state index contributed by atoms with van der Waals surface area (Å²) < 4.78 is 1.49. The number of aromatic amines is 1. The van der Waals surface area contributed by atoms with E-state index >= 15 is 0 Å². The van der Waals surface area contributed by atoms with E-state index < -0.39 is 23.4 Å². The summed E-state index contributed by atoms with van der Waals surface area (Å²) in [5, 5.41) is 3.94. The number of carbonyl (C=O) groups is 2. The number of H-pyrrole nitrogens is 1. The fourth-order valence-corrected chi connectivity index (χ4v) is 3.28. The molecule has 142 valence electrons. The van der Waals surface area contributed by atoms with E-state index in [4.69, 9.17) is 5.73 Å². The Morgan fingerprint density at radius 1 is 1.25 bits per heavy atom. The zero-order valence-electron chi connectivity index (χ0n) is 14.8. The van der Waals surface area contributed by atoms with Crippen LogP contribution in [0.5, 0.6) is 0 Å². The summed E-state index contributed by atoms with van der Waals surface area (Å²) in [6.45, 7) is 0.410. The smallest absolute Gasteiger partial charge is 0.263 e. The Morgan fingerprint density at radius 3 is 2.71 bits per heavy atom. The lowest BCUT2D eigenvalue weighted by Gasteiger charge is -2.34. The van der Waals surface area contributed by atoms with Gasteiger partial charge in [0.25, 0.3) is 11.5 Å². The van der Waals surface area contributed by atoms with E-state index in [1.54, 1.807) is 0 Å². The van der Waals surface area contributed by atoms with E-state index in [1.165, 1.54) is 28.4 Å². The van der Waals surface area contributed by atoms with E-state index in [0.717, 1.165) is 11.1 Å². The van der Waals surface area contributed by atoms with Crippen LogP contribution in [0.3, 0.4) is 0 Å². The van der Waals surface area contributed by atoms with Crippen molar-refractivity contribution in [1.82, 2.24) is 29.6 Å². The van der Waals surface area contributed by atoms with Crippen LogP contribution in [0.1, 0.15) is 27.3 Å². The molecule has 1 aromatic carbocycles. The molecule has 0 saturated heterocycles. The molecule has 3 N–H and O–H groups in total. The van der Waals surface area contributed by atoms with Gasteiger partial charge >= 0.3 is 0 Å². The van der Waals surface area contributed by atoms with Crippen molar-refractivity contribution in [1.29, 1.82) is 0 Å². The van der Waals surface area contributed by atoms with Gasteiger partial charge in [-0.2, -0.15) is 5.10 Å². The number of amides is 2. The maximum absolute atomic E-state index is 13.0. The van der Waals surface area contributed by atoms with Crippen LogP contribution in [0.15, 0.2) is 47.9 Å². The van der Waals surface area contributed by atoms with Crippen molar-refractivity contribution < 1.29 is 9.59 Å². The summed E-state index contributed by atoms with van der Waals surface area (Å²) in [5.74, 6) is -0.864. The number of nitrogens with zero attached hydrogens (tertiary/aromatic N) is 5. The van der Waals surface area contributed by atoms with E-state index in [-0.39, 0.29) is 18.7 Å². The van der Waals surface area contributed by atoms with E-state index in [2.05, 4.69) is 20.1 Å². The quantitative estimate of drug-likeness (QED) is 0.624. The third kappa shape index (κ3) is 3.27. The maximum atomic E-state index is 13.0. The van der Waals surface area contributed by atoms with Crippen LogP contribution in [0.2, 0.25) is 0 Å². The molecule has 1 aliphatic rings. The van der Waals surface area contributed by atoms with Gasteiger partial charge in [-0.3, -0.25) is 14.4 Å². The van der Waals surface area contributed by atoms with Crippen LogP contribution >= 0.6 is 0 Å². The van der Waals surface area contributed by atoms with Gasteiger partial charge in [0.2, 0.25) is 5.91 Å². The molecule has 0 unspecified atom stereocenters. The summed E-state index contributed by atoms with van der Waals surface area (Å²) in [5.41, 5.74) is 6.67. The number of hydrogen-bond acceptors (Lipinski definition) is 6. The molecular weight excluding hydrogens is 362 g/mol. The van der Waals surface area contributed by atoms with Gasteiger partial charge in [0, 0.05) is 19.2 Å². The number of aromatic nitrogens is 5. The number of rotatable bonds is 4. The van der Waals surface area contributed by atoms with Crippen LogP contribution in [0.25, 0.3) is 0 Å². The predicted octanol–water partition coefficient (Wildman–Crippen LogP) is -0.538. The van der Waals surface area contributed by atoms with Gasteiger partial charge in [-0.15, -0.1) is 0 Å². The Balaban J connectivity index is 1.62. The van der Waals surface area contributed by atoms with Crippen LogP contribution in [-0.2, 0) is 24.3 Å². The zero-order valence-corrected chi connectivity index (χ0v) is 14.8. The van der Waals surface area contributed by atoms with Crippen LogP contribution < -0.4 is 11.3 Å². The number of primary amides is 1. The van der Waals surface area contributed by atoms with Gasteiger partial charge in [-0.25, -0.2) is 14.6 Å². The summed E-state index contributed by atoms with van der Waals surface area (Å²) in [7, 11) is 0. The first kappa shape index (κ1) is 17.6. The first-order valence-electron chi connectivity index (χ1n) is 8.60. The minimum atomic E-state index is -0.823. The van der Waals surface area contributed by atoms with Crippen molar-refractivity contribution >= 4 is 11.8 Å². The average molecular weight is 379 g/mol. The van der Waals surface area contributed by atoms with Gasteiger partial charge in [0.1, 0.15) is 36.6 Å². The topological polar surface area (TPSA) is 140 Å². The van der Waals surface area contributed by atoms with Crippen molar-refractivity contribution in [2.75, 3.05) is 0 Å². The second-order valence-corrected chi connectivity index (χ2v) is 6.49. The molecule has 0 fully saturated rings. The predicted molar refractivity (Wildman–Crippen MR) is 97.0 cm³/mol. The van der Waals surface area contributed by atoms with Crippen LogP contribution in [-0.4, -0.2) is 47.5 Å². The molecule has 0 aliphatic carbocycles. The summed E-state index contributed by atoms with van der Waals surface area (Å²) >= 11 is 0. The molecule has 3 heterocycles. The Hall–Kier alpha value is -3.82. The molecule has 0 radical (unpaired) electrons. The van der Waals surface area contributed by atoms with Crippen LogP contribution in [0, 0.1) is 0 Å². The minimum absolute atomic E-state index is 0.145. The Morgan fingerprint density at radius 2 is 2.04 bits per heavy atom. The van der Waals surface area contributed by atoms with Crippen molar-refractivity contribution in [3.05, 3.63) is 76.0 Å². The van der Waals surface area contributed by atoms with Gasteiger partial charge in [0.05, 0.1) is 0 Å². The second kappa shape index (κ2) is 7.06. The first-order chi connectivity index (χ1) is 13.5. The zero-order chi connectivity index (χ0) is 19.7. The molecule has 0 bridgehead atoms. The third-order valence-corrected chi connectivity index (χ3v) is 4.70. The Bertz CT molecular complexity index is 1090. The van der Waals surface area contributed by atoms with Crippen molar-refractivity contribution in [3.8, 4) is 0 Å². The number of hydrogen-bond donors (Lipinski definition) is 2. The molecule has 0 spiro atoms. The molecule has 10 nitrogen and oxygen atoms in total. The highest BCUT2D eigenvalue weighted by atomic mass is 16.2. The first-order valence-corrected chi connectivity index (χ1v) is 8.60. The lowest BCUT2D eigenvalue weighted by atomic mass is 9.93. The highest BCUT2D eigenvalue weighted by Gasteiger charge is 2.34. The molecule has 1 aliphatic heterocycles. The van der Waals surface area contributed by atoms with Crippen LogP contribution in [0.4, 0.5) is 0 Å². The number of fused-ring (bicyclic) bond motifs is 1. The molecule has 10 heteroatoms. The largest absolute Gasteiger partial charge is 0.368 e. The SMILES string of the molecule is NC(=O)[C@H]1Cc2ccccc2CN1C(=O)c1cnc(Cn2cncn2)[nH]c1=O. The molecule has 1 atom stereocenters. The molecule has 0 saturated carbocycles. The maximum Gasteiger partial charge on any atom is 0.263 e. The fraction of sp³-hybridized carbons (Fsp3) is 0.222. The second-order valence-electron chi connectivity index (χ2n) is 6.49. The Labute approximate surface area is 159 Å². The van der Waals surface area contributed by atoms with E-state index in [0.29, 0.717) is 12.2 Å². The number of nitrogens with one attached hydrogen (secondary N) is 1. The molecule has 3 aromatic rings. The Kier molecular flexibility index (Phi) is 4.44. The lowest BCUT2D eigenvalue weighted by molar-refractivity contribution is -0.122. The third-order valence-electron chi connectivity index (χ3n) is 4.70. The number of nitrogens with two attached hydrogens (primary N) is 1. The molecular formula is C18H17N7O3. The summed E-state index contributed by atoms with van der Waals surface area (Å²) in [6, 6.07) is 6.70. The number of benzene rings is 1. The minimum Gasteiger partial charge on any atom is -0.368 e. The van der Waals surface area contributed by atoms with E-state index in [9.17, 15) is 14.4 Å². The van der Waals surface area contributed by atoms with Gasteiger partial charge in [-0.1, -0.05) is 24.3 Å². The van der Waals surface area contributed by atoms with Crippen molar-refractivity contribution in [2.45, 2.75) is 25.6 Å². The van der Waals surface area contributed by atoms with E-state index in [1.807, 2.05) is 24.3 Å². The van der Waals surface area contributed by atoms with Gasteiger partial charge in [0.15, 0.2) is 0 Å². The highest BCUT2D eigenvalue weighted by molar-refractivity contribution is 5.97. The highest BCUT2D eigenvalue weighted by Crippen LogP contribution is 2.24. The average Bonchev–Trinajstić information content (AvgIpc) is 3.19. The fourth-order valence-electron chi connectivity index (χ4n) is 3.28. The van der Waals surface area contributed by atoms with Crippen molar-refractivity contribution in [3.63, 3.8) is 0 Å². The normalized spacial score (nSPS) is 15.9. The summed E-state index contributed by atoms with van der Waals surface area (Å²) in [6.07, 6.45) is 4.38.